The summed E-state index contributed by atoms with van der Waals surface area (Å²) in [5.74, 6) is -0.784. The molecule has 25 heavy (non-hydrogen) atoms. The minimum absolute atomic E-state index is 0.179. The topological polar surface area (TPSA) is 54.4 Å². The molecule has 0 aliphatic rings. The van der Waals surface area contributed by atoms with Crippen LogP contribution in [0.4, 0.5) is 0 Å². The van der Waals surface area contributed by atoms with Crippen LogP contribution >= 0.6 is 0 Å². The largest absolute Gasteiger partial charge is 0.478 e. The van der Waals surface area contributed by atoms with Gasteiger partial charge in [0, 0.05) is 12.5 Å². The highest BCUT2D eigenvalue weighted by molar-refractivity contribution is 5.89. The molecule has 0 saturated heterocycles. The van der Waals surface area contributed by atoms with Crippen LogP contribution in [-0.2, 0) is 9.59 Å². The molecule has 0 atom stereocenters. The summed E-state index contributed by atoms with van der Waals surface area (Å²) in [7, 11) is 0. The number of hydrogen-bond acceptors (Lipinski definition) is 2. The van der Waals surface area contributed by atoms with E-state index in [4.69, 9.17) is 5.11 Å². The second-order valence-electron chi connectivity index (χ2n) is 5.90. The van der Waals surface area contributed by atoms with Gasteiger partial charge in [-0.15, -0.1) is 0 Å². The SMILES string of the molecule is CCCCCCCCCCC(=O)/C=C/C=C/C=C/C=C/C=C/C(=O)O. The van der Waals surface area contributed by atoms with Crippen molar-refractivity contribution in [1.82, 2.24) is 0 Å². The van der Waals surface area contributed by atoms with Crippen molar-refractivity contribution < 1.29 is 14.7 Å². The second-order valence-corrected chi connectivity index (χ2v) is 5.90. The van der Waals surface area contributed by atoms with Crippen molar-refractivity contribution in [2.45, 2.75) is 64.7 Å². The number of carbonyl (C=O) groups excluding carboxylic acids is 1. The summed E-state index contributed by atoms with van der Waals surface area (Å²) in [6.07, 6.45) is 27.1. The monoisotopic (exact) mass is 344 g/mol. The van der Waals surface area contributed by atoms with Crippen LogP contribution in [0.3, 0.4) is 0 Å². The molecule has 0 aliphatic heterocycles. The van der Waals surface area contributed by atoms with Gasteiger partial charge in [0.05, 0.1) is 0 Å². The molecule has 3 nitrogen and oxygen atoms in total. The zero-order valence-corrected chi connectivity index (χ0v) is 15.4. The van der Waals surface area contributed by atoms with Crippen LogP contribution in [0.2, 0.25) is 0 Å². The third-order valence-corrected chi connectivity index (χ3v) is 3.58. The summed E-state index contributed by atoms with van der Waals surface area (Å²) in [5, 5.41) is 8.39. The van der Waals surface area contributed by atoms with Gasteiger partial charge in [0.15, 0.2) is 5.78 Å². The zero-order valence-electron chi connectivity index (χ0n) is 15.4. The maximum atomic E-state index is 11.7. The lowest BCUT2D eigenvalue weighted by atomic mass is 10.1. The first kappa shape index (κ1) is 22.8. The molecule has 3 heteroatoms. The lowest BCUT2D eigenvalue weighted by molar-refractivity contribution is -0.131. The second kappa shape index (κ2) is 18.2. The van der Waals surface area contributed by atoms with Crippen LogP contribution in [0.1, 0.15) is 64.7 Å². The van der Waals surface area contributed by atoms with Crippen molar-refractivity contribution >= 4 is 11.8 Å². The maximum Gasteiger partial charge on any atom is 0.328 e. The van der Waals surface area contributed by atoms with E-state index >= 15 is 0 Å². The predicted octanol–water partition coefficient (Wildman–Crippen LogP) is 5.95. The normalized spacial score (nSPS) is 12.5. The van der Waals surface area contributed by atoms with Gasteiger partial charge in [-0.05, 0) is 12.5 Å². The smallest absolute Gasteiger partial charge is 0.328 e. The fourth-order valence-electron chi connectivity index (χ4n) is 2.20. The molecule has 0 aliphatic carbocycles. The fraction of sp³-hybridized carbons (Fsp3) is 0.455. The molecule has 0 aromatic rings. The van der Waals surface area contributed by atoms with Crippen molar-refractivity contribution in [2.24, 2.45) is 0 Å². The van der Waals surface area contributed by atoms with Gasteiger partial charge in [-0.3, -0.25) is 4.79 Å². The molecule has 0 rings (SSSR count). The molecule has 1 N–H and O–H groups in total. The Morgan fingerprint density at radius 2 is 1.08 bits per heavy atom. The Morgan fingerprint density at radius 1 is 0.640 bits per heavy atom. The van der Waals surface area contributed by atoms with Gasteiger partial charge in [-0.1, -0.05) is 100 Å². The Balaban J connectivity index is 3.66. The molecular weight excluding hydrogens is 312 g/mol. The Bertz CT molecular complexity index is 493. The minimum Gasteiger partial charge on any atom is -0.478 e. The first-order valence-corrected chi connectivity index (χ1v) is 9.27. The molecular formula is C22H32O3. The van der Waals surface area contributed by atoms with Gasteiger partial charge < -0.3 is 5.11 Å². The molecule has 0 spiro atoms. The number of carboxylic acid groups (broad SMARTS) is 1. The number of unbranched alkanes of at least 4 members (excludes halogenated alkanes) is 7. The van der Waals surface area contributed by atoms with E-state index in [9.17, 15) is 9.59 Å². The van der Waals surface area contributed by atoms with Crippen molar-refractivity contribution in [1.29, 1.82) is 0 Å². The fourth-order valence-corrected chi connectivity index (χ4v) is 2.20. The molecule has 0 aromatic heterocycles. The quantitative estimate of drug-likeness (QED) is 0.227. The standard InChI is InChI=1S/C22H32O3/c1-2-3-4-5-6-9-12-15-18-21(23)19-16-13-10-7-8-11-14-17-20-22(24)25/h7-8,10-11,13-14,16-17,19-20H,2-6,9,12,15,18H2,1H3,(H,24,25)/b8-7+,13-10+,14-11+,19-16+,20-17+. The van der Waals surface area contributed by atoms with E-state index in [1.807, 2.05) is 18.2 Å². The van der Waals surface area contributed by atoms with Gasteiger partial charge >= 0.3 is 5.97 Å². The van der Waals surface area contributed by atoms with Crippen LogP contribution < -0.4 is 0 Å². The minimum atomic E-state index is -0.963. The first-order valence-electron chi connectivity index (χ1n) is 9.27. The first-order chi connectivity index (χ1) is 12.2. The molecule has 0 radical (unpaired) electrons. The highest BCUT2D eigenvalue weighted by atomic mass is 16.4. The Kier molecular flexibility index (Phi) is 16.6. The average molecular weight is 344 g/mol. The van der Waals surface area contributed by atoms with Crippen LogP contribution in [0.5, 0.6) is 0 Å². The summed E-state index contributed by atoms with van der Waals surface area (Å²) in [4.78, 5) is 21.9. The van der Waals surface area contributed by atoms with E-state index in [1.54, 1.807) is 30.4 Å². The Morgan fingerprint density at radius 3 is 1.60 bits per heavy atom. The van der Waals surface area contributed by atoms with Crippen molar-refractivity contribution in [3.05, 3.63) is 60.8 Å². The van der Waals surface area contributed by atoms with E-state index in [2.05, 4.69) is 6.92 Å². The lowest BCUT2D eigenvalue weighted by Crippen LogP contribution is -1.92. The predicted molar refractivity (Wildman–Crippen MR) is 106 cm³/mol. The number of allylic oxidation sites excluding steroid dienone is 9. The van der Waals surface area contributed by atoms with Gasteiger partial charge in [0.2, 0.25) is 0 Å². The molecule has 0 bridgehead atoms. The van der Waals surface area contributed by atoms with Gasteiger partial charge in [-0.2, -0.15) is 0 Å². The number of carboxylic acids is 1. The van der Waals surface area contributed by atoms with E-state index in [1.165, 1.54) is 44.6 Å². The number of rotatable bonds is 15. The zero-order chi connectivity index (χ0) is 18.6. The van der Waals surface area contributed by atoms with E-state index in [0.29, 0.717) is 6.42 Å². The van der Waals surface area contributed by atoms with Gasteiger partial charge in [0.1, 0.15) is 0 Å². The number of hydrogen-bond donors (Lipinski definition) is 1. The Hall–Kier alpha value is -2.16. The third-order valence-electron chi connectivity index (χ3n) is 3.58. The van der Waals surface area contributed by atoms with Crippen LogP contribution in [0, 0.1) is 0 Å². The van der Waals surface area contributed by atoms with Crippen molar-refractivity contribution in [3.63, 3.8) is 0 Å². The molecule has 0 aromatic carbocycles. The molecule has 138 valence electrons. The molecule has 0 amide bonds. The number of ketones is 1. The summed E-state index contributed by atoms with van der Waals surface area (Å²) in [6.45, 7) is 2.23. The Labute approximate surface area is 152 Å². The van der Waals surface area contributed by atoms with Gasteiger partial charge in [-0.25, -0.2) is 4.79 Å². The highest BCUT2D eigenvalue weighted by Crippen LogP contribution is 2.09. The summed E-state index contributed by atoms with van der Waals surface area (Å²) >= 11 is 0. The van der Waals surface area contributed by atoms with Crippen LogP contribution in [0.25, 0.3) is 0 Å². The third kappa shape index (κ3) is 19.8. The van der Waals surface area contributed by atoms with E-state index in [0.717, 1.165) is 18.9 Å². The lowest BCUT2D eigenvalue weighted by Gasteiger charge is -2.00. The molecule has 0 unspecified atom stereocenters. The van der Waals surface area contributed by atoms with Crippen molar-refractivity contribution in [2.75, 3.05) is 0 Å². The average Bonchev–Trinajstić information content (AvgIpc) is 2.58. The maximum absolute atomic E-state index is 11.7. The highest BCUT2D eigenvalue weighted by Gasteiger charge is 1.96. The summed E-state index contributed by atoms with van der Waals surface area (Å²) < 4.78 is 0. The number of carbonyl (C=O) groups is 2. The van der Waals surface area contributed by atoms with Gasteiger partial charge in [0.25, 0.3) is 0 Å². The number of aliphatic carboxylic acids is 1. The van der Waals surface area contributed by atoms with E-state index in [-0.39, 0.29) is 5.78 Å². The van der Waals surface area contributed by atoms with E-state index < -0.39 is 5.97 Å². The molecule has 0 saturated carbocycles. The summed E-state index contributed by atoms with van der Waals surface area (Å²) in [6, 6.07) is 0. The van der Waals surface area contributed by atoms with Crippen LogP contribution in [-0.4, -0.2) is 16.9 Å². The molecule has 0 fully saturated rings. The summed E-state index contributed by atoms with van der Waals surface area (Å²) in [5.41, 5.74) is 0. The van der Waals surface area contributed by atoms with Crippen molar-refractivity contribution in [3.8, 4) is 0 Å². The van der Waals surface area contributed by atoms with Crippen LogP contribution in [0.15, 0.2) is 60.8 Å². The molecule has 0 heterocycles.